The molecule has 1 unspecified atom stereocenters. The van der Waals surface area contributed by atoms with E-state index in [-0.39, 0.29) is 19.8 Å². The van der Waals surface area contributed by atoms with E-state index in [1.165, 1.54) is 0 Å². The van der Waals surface area contributed by atoms with E-state index < -0.39 is 23.5 Å². The zero-order valence-electron chi connectivity index (χ0n) is 22.1. The lowest BCUT2D eigenvalue weighted by Crippen LogP contribution is -2.30. The van der Waals surface area contributed by atoms with E-state index in [4.69, 9.17) is 23.7 Å². The van der Waals surface area contributed by atoms with Crippen molar-refractivity contribution in [3.63, 3.8) is 0 Å². The van der Waals surface area contributed by atoms with Crippen LogP contribution in [0.4, 0.5) is 0 Å². The molecule has 36 heavy (non-hydrogen) atoms. The Kier molecular flexibility index (Phi) is 20.4. The first-order valence-electron chi connectivity index (χ1n) is 12.6. The summed E-state index contributed by atoms with van der Waals surface area (Å²) in [5.41, 5.74) is 7.59. The maximum absolute atomic E-state index is 13.3. The van der Waals surface area contributed by atoms with Crippen LogP contribution in [0.1, 0.15) is 79.1 Å². The normalized spacial score (nSPS) is 14.6. The highest BCUT2D eigenvalue weighted by molar-refractivity contribution is 7.67. The zero-order valence-corrected chi connectivity index (χ0v) is 24.8. The summed E-state index contributed by atoms with van der Waals surface area (Å²) in [6.07, 6.45) is 6.65. The summed E-state index contributed by atoms with van der Waals surface area (Å²) in [6, 6.07) is 0. The van der Waals surface area contributed by atoms with Crippen molar-refractivity contribution in [1.82, 2.24) is 10.8 Å². The lowest BCUT2D eigenvalue weighted by molar-refractivity contribution is 0.0947. The first-order chi connectivity index (χ1) is 16.8. The molecule has 0 aliphatic carbocycles. The van der Waals surface area contributed by atoms with Crippen LogP contribution in [-0.2, 0) is 36.0 Å². The van der Waals surface area contributed by atoms with Gasteiger partial charge in [0.25, 0.3) is 0 Å². The van der Waals surface area contributed by atoms with Crippen LogP contribution in [0.15, 0.2) is 0 Å². The molecule has 16 heteroatoms. The lowest BCUT2D eigenvalue weighted by atomic mass is 10.1. The van der Waals surface area contributed by atoms with Crippen molar-refractivity contribution < 1.29 is 45.8 Å². The summed E-state index contributed by atoms with van der Waals surface area (Å²) < 4.78 is 62.2. The number of nitrogens with two attached hydrogens (primary N) is 1. The van der Waals surface area contributed by atoms with Crippen molar-refractivity contribution >= 4 is 23.5 Å². The average molecular weight is 584 g/mol. The molecular weight excluding hydrogens is 535 g/mol. The van der Waals surface area contributed by atoms with Crippen molar-refractivity contribution in [3.8, 4) is 0 Å². The van der Waals surface area contributed by atoms with Crippen molar-refractivity contribution in [2.24, 2.45) is 17.6 Å². The number of unbranched alkanes of at least 4 members (excludes halogenated alkanes) is 4. The molecule has 6 N–H and O–H groups in total. The third-order valence-corrected chi connectivity index (χ3v) is 9.26. The first kappa shape index (κ1) is 36.3. The number of nitrogens with one attached hydrogen (secondary N) is 2. The summed E-state index contributed by atoms with van der Waals surface area (Å²) in [6.45, 7) is 9.70. The smallest absolute Gasteiger partial charge is 0.329 e. The van der Waals surface area contributed by atoms with Crippen LogP contribution in [0, 0.1) is 11.8 Å². The minimum Gasteiger partial charge on any atom is -0.329 e. The molecule has 0 radical (unpaired) electrons. The van der Waals surface area contributed by atoms with Gasteiger partial charge in [-0.15, -0.1) is 0 Å². The Morgan fingerprint density at radius 1 is 0.722 bits per heavy atom. The number of phosphoric acid groups is 3. The zero-order chi connectivity index (χ0) is 27.5. The second kappa shape index (κ2) is 20.2. The third-order valence-electron chi connectivity index (χ3n) is 4.66. The number of hydroxylamine groups is 1. The van der Waals surface area contributed by atoms with Crippen LogP contribution in [0.5, 0.6) is 0 Å². The Hall–Kier alpha value is 0.290. The van der Waals surface area contributed by atoms with E-state index in [0.717, 1.165) is 38.5 Å². The maximum atomic E-state index is 13.3. The Morgan fingerprint density at radius 3 is 1.69 bits per heavy atom. The molecule has 0 aromatic rings. The SMILES string of the molecule is CC(C)CCCCCOP(=O)(OCCCCCC(C)C)OP(=O)(ONCCNCCN)OP(=O)(O)O. The topological polar surface area (TPSA) is 188 Å². The minimum absolute atomic E-state index is 0.0327. The standard InChI is InChI=1S/C20H48N3O10P3/c1-19(2)11-7-5-9-17-29-35(27,30-18-10-6-8-12-20(3)4)33-36(28,32-34(24,25)26)31-23-16-15-22-14-13-21/h19-20,22-23H,5-18,21H2,1-4H3,(H2,24,25,26). The van der Waals surface area contributed by atoms with E-state index in [0.29, 0.717) is 44.3 Å². The second-order valence-corrected chi connectivity index (χ2v) is 14.0. The van der Waals surface area contributed by atoms with Gasteiger partial charge in [0.15, 0.2) is 0 Å². The number of hydrogen-bond acceptors (Lipinski definition) is 11. The molecule has 0 aliphatic rings. The average Bonchev–Trinajstić information content (AvgIpc) is 2.73. The minimum atomic E-state index is -5.36. The highest BCUT2D eigenvalue weighted by Crippen LogP contribution is 2.70. The van der Waals surface area contributed by atoms with Gasteiger partial charge in [0.1, 0.15) is 0 Å². The summed E-state index contributed by atoms with van der Waals surface area (Å²) >= 11 is 0. The molecule has 0 saturated heterocycles. The maximum Gasteiger partial charge on any atom is 0.509 e. The monoisotopic (exact) mass is 583 g/mol. The fraction of sp³-hybridized carbons (Fsp3) is 1.00. The molecule has 0 fully saturated rings. The van der Waals surface area contributed by atoms with E-state index in [2.05, 4.69) is 42.8 Å². The Labute approximate surface area is 216 Å². The number of hydrogen-bond donors (Lipinski definition) is 5. The van der Waals surface area contributed by atoms with Crippen LogP contribution >= 0.6 is 23.5 Å². The van der Waals surface area contributed by atoms with Gasteiger partial charge in [-0.3, -0.25) is 9.05 Å². The number of rotatable bonds is 25. The van der Waals surface area contributed by atoms with E-state index >= 15 is 0 Å². The summed E-state index contributed by atoms with van der Waals surface area (Å²) in [4.78, 5) is 18.4. The molecule has 0 rings (SSSR count). The second-order valence-electron chi connectivity index (χ2n) is 9.23. The quantitative estimate of drug-likeness (QED) is 0.0557. The predicted molar refractivity (Wildman–Crippen MR) is 139 cm³/mol. The molecular formula is C20H48N3O10P3. The molecule has 0 aromatic heterocycles. The molecule has 13 nitrogen and oxygen atoms in total. The van der Waals surface area contributed by atoms with Gasteiger partial charge in [-0.2, -0.15) is 18.7 Å². The Morgan fingerprint density at radius 2 is 1.25 bits per heavy atom. The molecule has 1 atom stereocenters. The molecule has 0 heterocycles. The van der Waals surface area contributed by atoms with E-state index in [9.17, 15) is 23.5 Å². The summed E-state index contributed by atoms with van der Waals surface area (Å²) in [5.74, 6) is 1.12. The fourth-order valence-electron chi connectivity index (χ4n) is 2.89. The van der Waals surface area contributed by atoms with Gasteiger partial charge in [0.05, 0.1) is 13.2 Å². The van der Waals surface area contributed by atoms with Gasteiger partial charge < -0.3 is 20.8 Å². The van der Waals surface area contributed by atoms with Crippen molar-refractivity contribution in [2.75, 3.05) is 39.4 Å². The molecule has 0 aromatic carbocycles. The number of phosphoric ester groups is 1. The van der Waals surface area contributed by atoms with Gasteiger partial charge in [0, 0.05) is 26.2 Å². The Bertz CT molecular complexity index is 670. The largest absolute Gasteiger partial charge is 0.509 e. The molecule has 0 spiro atoms. The highest BCUT2D eigenvalue weighted by atomic mass is 31.3. The molecule has 0 saturated carbocycles. The molecule has 218 valence electrons. The molecule has 0 bridgehead atoms. The van der Waals surface area contributed by atoms with Crippen molar-refractivity contribution in [1.29, 1.82) is 0 Å². The summed E-state index contributed by atoms with van der Waals surface area (Å²) in [7, 11) is -15.0. The van der Waals surface area contributed by atoms with Gasteiger partial charge >= 0.3 is 23.5 Å². The van der Waals surface area contributed by atoms with Gasteiger partial charge in [-0.1, -0.05) is 66.2 Å². The lowest BCUT2D eigenvalue weighted by Gasteiger charge is -2.23. The Balaban J connectivity index is 5.14. The van der Waals surface area contributed by atoms with Crippen molar-refractivity contribution in [3.05, 3.63) is 0 Å². The highest BCUT2D eigenvalue weighted by Gasteiger charge is 2.45. The third kappa shape index (κ3) is 22.3. The summed E-state index contributed by atoms with van der Waals surface area (Å²) in [5, 5.41) is 2.92. The van der Waals surface area contributed by atoms with Crippen molar-refractivity contribution in [2.45, 2.75) is 79.1 Å². The van der Waals surface area contributed by atoms with Crippen LogP contribution in [0.3, 0.4) is 0 Å². The van der Waals surface area contributed by atoms with Gasteiger partial charge in [0.2, 0.25) is 0 Å². The predicted octanol–water partition coefficient (Wildman–Crippen LogP) is 4.86. The van der Waals surface area contributed by atoms with Crippen LogP contribution in [-0.4, -0.2) is 49.2 Å². The van der Waals surface area contributed by atoms with E-state index in [1.807, 2.05) is 0 Å². The fourth-order valence-corrected chi connectivity index (χ4v) is 6.97. The van der Waals surface area contributed by atoms with Gasteiger partial charge in [-0.25, -0.2) is 13.7 Å². The first-order valence-corrected chi connectivity index (χ1v) is 17.1. The molecule has 0 amide bonds. The van der Waals surface area contributed by atoms with E-state index in [1.54, 1.807) is 0 Å². The van der Waals surface area contributed by atoms with Crippen LogP contribution in [0.2, 0.25) is 0 Å². The molecule has 0 aliphatic heterocycles. The van der Waals surface area contributed by atoms with Gasteiger partial charge in [-0.05, 0) is 24.7 Å². The van der Waals surface area contributed by atoms with Crippen LogP contribution < -0.4 is 16.5 Å². The van der Waals surface area contributed by atoms with Crippen LogP contribution in [0.25, 0.3) is 0 Å².